The number of hydrogen-bond donors (Lipinski definition) is 0. The quantitative estimate of drug-likeness (QED) is 0.796. The minimum atomic E-state index is -3.30. The maximum atomic E-state index is 12.0. The monoisotopic (exact) mass is 311 g/mol. The predicted molar refractivity (Wildman–Crippen MR) is 81.2 cm³/mol. The Bertz CT molecular complexity index is 612. The van der Waals surface area contributed by atoms with Crippen LogP contribution in [0.15, 0.2) is 29.2 Å². The Morgan fingerprint density at radius 1 is 1.33 bits per heavy atom. The average molecular weight is 311 g/mol. The van der Waals surface area contributed by atoms with E-state index in [0.29, 0.717) is 10.6 Å². The second-order valence-corrected chi connectivity index (χ2v) is 7.35. The number of piperidine rings is 1. The van der Waals surface area contributed by atoms with Crippen LogP contribution in [0, 0.1) is 0 Å². The molecule has 1 aliphatic heterocycles. The van der Waals surface area contributed by atoms with Gasteiger partial charge in [0.15, 0.2) is 9.84 Å². The zero-order valence-electron chi connectivity index (χ0n) is 12.4. The van der Waals surface area contributed by atoms with Crippen molar-refractivity contribution < 1.29 is 17.9 Å². The van der Waals surface area contributed by atoms with Crippen LogP contribution in [-0.4, -0.2) is 40.3 Å². The Morgan fingerprint density at radius 3 is 2.71 bits per heavy atom. The minimum absolute atomic E-state index is 0.00546. The maximum absolute atomic E-state index is 12.0. The molecule has 1 aromatic carbocycles. The molecule has 1 aliphatic rings. The van der Waals surface area contributed by atoms with Gasteiger partial charge in [-0.3, -0.25) is 4.79 Å². The number of hydrogen-bond acceptors (Lipinski definition) is 5. The van der Waals surface area contributed by atoms with Crippen molar-refractivity contribution in [3.63, 3.8) is 0 Å². The van der Waals surface area contributed by atoms with Crippen LogP contribution < -0.4 is 4.90 Å². The molecule has 5 nitrogen and oxygen atoms in total. The number of esters is 1. The molecule has 0 bridgehead atoms. The topological polar surface area (TPSA) is 63.7 Å². The van der Waals surface area contributed by atoms with Gasteiger partial charge in [0.2, 0.25) is 0 Å². The second-order valence-electron chi connectivity index (χ2n) is 5.36. The van der Waals surface area contributed by atoms with E-state index < -0.39 is 9.84 Å². The summed E-state index contributed by atoms with van der Waals surface area (Å²) in [5.74, 6) is -0.260. The molecule has 0 saturated carbocycles. The van der Waals surface area contributed by atoms with Gasteiger partial charge in [-0.1, -0.05) is 12.1 Å². The van der Waals surface area contributed by atoms with Crippen LogP contribution in [0.5, 0.6) is 0 Å². The van der Waals surface area contributed by atoms with Crippen LogP contribution in [0.4, 0.5) is 5.69 Å². The van der Waals surface area contributed by atoms with Crippen molar-refractivity contribution >= 4 is 21.5 Å². The lowest BCUT2D eigenvalue weighted by atomic mass is 9.98. The number of para-hydroxylation sites is 1. The Balaban J connectivity index is 2.36. The summed E-state index contributed by atoms with van der Waals surface area (Å²) in [4.78, 5) is 13.9. The molecule has 1 heterocycles. The van der Waals surface area contributed by atoms with E-state index in [-0.39, 0.29) is 18.4 Å². The summed E-state index contributed by atoms with van der Waals surface area (Å²) in [7, 11) is -1.92. The molecule has 1 aromatic rings. The lowest BCUT2D eigenvalue weighted by Crippen LogP contribution is -2.41. The van der Waals surface area contributed by atoms with E-state index >= 15 is 0 Å². The SMILES string of the molecule is COC(=O)CC1CCCCN1c1ccccc1S(C)(=O)=O. The van der Waals surface area contributed by atoms with Gasteiger partial charge in [-0.05, 0) is 31.4 Å². The summed E-state index contributed by atoms with van der Waals surface area (Å²) >= 11 is 0. The number of ether oxygens (including phenoxy) is 1. The van der Waals surface area contributed by atoms with Crippen LogP contribution >= 0.6 is 0 Å². The fraction of sp³-hybridized carbons (Fsp3) is 0.533. The molecule has 0 amide bonds. The average Bonchev–Trinajstić information content (AvgIpc) is 2.47. The molecule has 21 heavy (non-hydrogen) atoms. The van der Waals surface area contributed by atoms with E-state index in [4.69, 9.17) is 4.74 Å². The highest BCUT2D eigenvalue weighted by Gasteiger charge is 2.28. The summed E-state index contributed by atoms with van der Waals surface area (Å²) in [6.07, 6.45) is 4.40. The fourth-order valence-electron chi connectivity index (χ4n) is 2.81. The van der Waals surface area contributed by atoms with Crippen molar-refractivity contribution in [3.8, 4) is 0 Å². The molecule has 0 N–H and O–H groups in total. The molecule has 1 atom stereocenters. The molecule has 1 fully saturated rings. The van der Waals surface area contributed by atoms with Gasteiger partial charge in [0.1, 0.15) is 0 Å². The van der Waals surface area contributed by atoms with E-state index in [1.807, 2.05) is 17.0 Å². The number of rotatable bonds is 4. The Labute approximate surface area is 125 Å². The zero-order valence-corrected chi connectivity index (χ0v) is 13.2. The van der Waals surface area contributed by atoms with Crippen LogP contribution in [-0.2, 0) is 19.4 Å². The number of benzene rings is 1. The van der Waals surface area contributed by atoms with Gasteiger partial charge < -0.3 is 9.64 Å². The van der Waals surface area contributed by atoms with Gasteiger partial charge in [-0.15, -0.1) is 0 Å². The normalized spacial score (nSPS) is 19.3. The Kier molecular flexibility index (Phi) is 4.88. The molecule has 1 saturated heterocycles. The molecule has 116 valence electrons. The fourth-order valence-corrected chi connectivity index (χ4v) is 3.70. The molecule has 6 heteroatoms. The van der Waals surface area contributed by atoms with Gasteiger partial charge in [0.05, 0.1) is 24.1 Å². The maximum Gasteiger partial charge on any atom is 0.307 e. The number of anilines is 1. The van der Waals surface area contributed by atoms with Crippen LogP contribution in [0.25, 0.3) is 0 Å². The largest absolute Gasteiger partial charge is 0.469 e. The van der Waals surface area contributed by atoms with Gasteiger partial charge >= 0.3 is 5.97 Å². The van der Waals surface area contributed by atoms with Crippen molar-refractivity contribution in [2.75, 3.05) is 24.8 Å². The molecule has 1 unspecified atom stereocenters. The first-order valence-corrected chi connectivity index (χ1v) is 8.95. The highest BCUT2D eigenvalue weighted by atomic mass is 32.2. The Hall–Kier alpha value is -1.56. The first-order valence-electron chi connectivity index (χ1n) is 7.06. The van der Waals surface area contributed by atoms with Crippen molar-refractivity contribution in [2.24, 2.45) is 0 Å². The van der Waals surface area contributed by atoms with Gasteiger partial charge in [-0.2, -0.15) is 0 Å². The van der Waals surface area contributed by atoms with Crippen molar-refractivity contribution in [3.05, 3.63) is 24.3 Å². The van der Waals surface area contributed by atoms with E-state index in [9.17, 15) is 13.2 Å². The van der Waals surface area contributed by atoms with Crippen molar-refractivity contribution in [1.29, 1.82) is 0 Å². The number of carbonyl (C=O) groups is 1. The van der Waals surface area contributed by atoms with E-state index in [0.717, 1.165) is 25.8 Å². The summed E-state index contributed by atoms with van der Waals surface area (Å²) in [6.45, 7) is 0.758. The van der Waals surface area contributed by atoms with Crippen LogP contribution in [0.3, 0.4) is 0 Å². The third-order valence-corrected chi connectivity index (χ3v) is 4.98. The number of carbonyl (C=O) groups excluding carboxylic acids is 1. The summed E-state index contributed by atoms with van der Waals surface area (Å²) in [5, 5.41) is 0. The smallest absolute Gasteiger partial charge is 0.307 e. The standard InChI is InChI=1S/C15H21NO4S/c1-20-15(17)11-12-7-5-6-10-16(12)13-8-3-4-9-14(13)21(2,18)19/h3-4,8-9,12H,5-7,10-11H2,1-2H3. The number of sulfone groups is 1. The zero-order chi connectivity index (χ0) is 15.5. The molecular weight excluding hydrogens is 290 g/mol. The molecule has 0 aromatic heterocycles. The number of methoxy groups -OCH3 is 1. The van der Waals surface area contributed by atoms with Crippen LogP contribution in [0.2, 0.25) is 0 Å². The molecule has 2 rings (SSSR count). The summed E-state index contributed by atoms with van der Waals surface area (Å²) < 4.78 is 28.7. The first-order chi connectivity index (χ1) is 9.93. The summed E-state index contributed by atoms with van der Waals surface area (Å²) in [6, 6.07) is 6.97. The third-order valence-electron chi connectivity index (χ3n) is 3.83. The Morgan fingerprint density at radius 2 is 2.05 bits per heavy atom. The molecule has 0 radical (unpaired) electrons. The highest BCUT2D eigenvalue weighted by Crippen LogP contribution is 2.31. The van der Waals surface area contributed by atoms with E-state index in [1.165, 1.54) is 13.4 Å². The first kappa shape index (κ1) is 15.8. The van der Waals surface area contributed by atoms with E-state index in [1.54, 1.807) is 12.1 Å². The predicted octanol–water partition coefficient (Wildman–Crippen LogP) is 2.01. The van der Waals surface area contributed by atoms with Gasteiger partial charge in [-0.25, -0.2) is 8.42 Å². The molecule has 0 spiro atoms. The van der Waals surface area contributed by atoms with E-state index in [2.05, 4.69) is 0 Å². The third kappa shape index (κ3) is 3.75. The number of nitrogens with zero attached hydrogens (tertiary/aromatic N) is 1. The lowest BCUT2D eigenvalue weighted by molar-refractivity contribution is -0.141. The van der Waals surface area contributed by atoms with Crippen molar-refractivity contribution in [1.82, 2.24) is 0 Å². The van der Waals surface area contributed by atoms with Gasteiger partial charge in [0.25, 0.3) is 0 Å². The lowest BCUT2D eigenvalue weighted by Gasteiger charge is -2.37. The molecule has 0 aliphatic carbocycles. The molecular formula is C15H21NO4S. The minimum Gasteiger partial charge on any atom is -0.469 e. The summed E-state index contributed by atoms with van der Waals surface area (Å²) in [5.41, 5.74) is 0.689. The van der Waals surface area contributed by atoms with Gasteiger partial charge in [0, 0.05) is 18.8 Å². The van der Waals surface area contributed by atoms with Crippen molar-refractivity contribution in [2.45, 2.75) is 36.6 Å². The highest BCUT2D eigenvalue weighted by molar-refractivity contribution is 7.90. The van der Waals surface area contributed by atoms with Crippen LogP contribution in [0.1, 0.15) is 25.7 Å². The second kappa shape index (κ2) is 6.47.